The predicted molar refractivity (Wildman–Crippen MR) is 61.0 cm³/mol. The van der Waals surface area contributed by atoms with Gasteiger partial charge in [0.25, 0.3) is 0 Å². The van der Waals surface area contributed by atoms with Gasteiger partial charge in [0.2, 0.25) is 0 Å². The first-order chi connectivity index (χ1) is 7.09. The Hall–Kier alpha value is -0.410. The van der Waals surface area contributed by atoms with Gasteiger partial charge in [0.15, 0.2) is 0 Å². The Morgan fingerprint density at radius 3 is 2.87 bits per heavy atom. The lowest BCUT2D eigenvalue weighted by Gasteiger charge is -2.39. The monoisotopic (exact) mass is 213 g/mol. The van der Waals surface area contributed by atoms with Crippen molar-refractivity contribution in [3.63, 3.8) is 0 Å². The zero-order valence-electron chi connectivity index (χ0n) is 10.2. The summed E-state index contributed by atoms with van der Waals surface area (Å²) in [5, 5.41) is 0. The van der Waals surface area contributed by atoms with Crippen molar-refractivity contribution < 1.29 is 9.53 Å². The summed E-state index contributed by atoms with van der Waals surface area (Å²) in [6, 6.07) is 0. The van der Waals surface area contributed by atoms with Crippen molar-refractivity contribution >= 4 is 5.78 Å². The second-order valence-electron chi connectivity index (χ2n) is 4.76. The molecule has 0 amide bonds. The number of likely N-dealkylation sites (tertiary alicyclic amines) is 1. The van der Waals surface area contributed by atoms with Gasteiger partial charge in [-0.25, -0.2) is 0 Å². The largest absolute Gasteiger partial charge is 0.377 e. The first-order valence-corrected chi connectivity index (χ1v) is 5.89. The van der Waals surface area contributed by atoms with E-state index in [1.165, 1.54) is 0 Å². The minimum atomic E-state index is -0.0508. The van der Waals surface area contributed by atoms with Crippen molar-refractivity contribution in [1.29, 1.82) is 0 Å². The normalized spacial score (nSPS) is 27.9. The van der Waals surface area contributed by atoms with Crippen LogP contribution < -0.4 is 0 Å². The molecule has 1 saturated heterocycles. The zero-order valence-corrected chi connectivity index (χ0v) is 10.2. The topological polar surface area (TPSA) is 29.5 Å². The van der Waals surface area contributed by atoms with Crippen molar-refractivity contribution in [3.05, 3.63) is 0 Å². The zero-order chi connectivity index (χ0) is 11.3. The number of ketones is 1. The number of rotatable bonds is 5. The summed E-state index contributed by atoms with van der Waals surface area (Å²) in [5.41, 5.74) is -0.0508. The Morgan fingerprint density at radius 2 is 2.27 bits per heavy atom. The third kappa shape index (κ3) is 3.92. The van der Waals surface area contributed by atoms with E-state index < -0.39 is 0 Å². The van der Waals surface area contributed by atoms with E-state index in [0.717, 1.165) is 32.4 Å². The van der Waals surface area contributed by atoms with Gasteiger partial charge in [-0.2, -0.15) is 0 Å². The van der Waals surface area contributed by atoms with Crippen LogP contribution in [0.2, 0.25) is 0 Å². The van der Waals surface area contributed by atoms with Crippen LogP contribution in [0.4, 0.5) is 0 Å². The van der Waals surface area contributed by atoms with Crippen LogP contribution in [0.1, 0.15) is 39.5 Å². The number of hydrogen-bond donors (Lipinski definition) is 0. The third-order valence-electron chi connectivity index (χ3n) is 3.16. The molecule has 15 heavy (non-hydrogen) atoms. The molecule has 1 heterocycles. The van der Waals surface area contributed by atoms with Gasteiger partial charge in [-0.05, 0) is 32.7 Å². The van der Waals surface area contributed by atoms with Crippen molar-refractivity contribution in [1.82, 2.24) is 4.90 Å². The number of nitrogens with zero attached hydrogens (tertiary/aromatic N) is 1. The van der Waals surface area contributed by atoms with Crippen LogP contribution in [0, 0.1) is 0 Å². The van der Waals surface area contributed by atoms with Crippen molar-refractivity contribution in [2.24, 2.45) is 0 Å². The summed E-state index contributed by atoms with van der Waals surface area (Å²) in [5.74, 6) is 0.359. The van der Waals surface area contributed by atoms with Crippen LogP contribution in [0.15, 0.2) is 0 Å². The minimum Gasteiger partial charge on any atom is -0.377 e. The van der Waals surface area contributed by atoms with E-state index in [2.05, 4.69) is 11.8 Å². The maximum atomic E-state index is 11.5. The lowest BCUT2D eigenvalue weighted by Crippen LogP contribution is -2.48. The number of carbonyl (C=O) groups is 1. The Kier molecular flexibility index (Phi) is 4.74. The lowest BCUT2D eigenvalue weighted by atomic mass is 9.94. The maximum Gasteiger partial charge on any atom is 0.146 e. The van der Waals surface area contributed by atoms with E-state index in [1.807, 2.05) is 6.92 Å². The van der Waals surface area contributed by atoms with E-state index in [-0.39, 0.29) is 5.60 Å². The number of piperidine rings is 1. The standard InChI is InChI=1S/C12H23NO2/c1-4-6-11(14)9-13-8-5-7-12(2,10-13)15-3/h4-10H2,1-3H3. The number of ether oxygens (including phenoxy) is 1. The third-order valence-corrected chi connectivity index (χ3v) is 3.16. The van der Waals surface area contributed by atoms with E-state index in [9.17, 15) is 4.79 Å². The summed E-state index contributed by atoms with van der Waals surface area (Å²) in [6.45, 7) is 6.71. The average molecular weight is 213 g/mol. The fraction of sp³-hybridized carbons (Fsp3) is 0.917. The van der Waals surface area contributed by atoms with Crippen LogP contribution in [-0.2, 0) is 9.53 Å². The molecule has 0 aromatic carbocycles. The summed E-state index contributed by atoms with van der Waals surface area (Å²) >= 11 is 0. The molecule has 0 N–H and O–H groups in total. The maximum absolute atomic E-state index is 11.5. The van der Waals surface area contributed by atoms with E-state index in [1.54, 1.807) is 7.11 Å². The Labute approximate surface area is 92.8 Å². The van der Waals surface area contributed by atoms with E-state index in [0.29, 0.717) is 18.7 Å². The van der Waals surface area contributed by atoms with Crippen LogP contribution in [0.3, 0.4) is 0 Å². The van der Waals surface area contributed by atoms with Crippen molar-refractivity contribution in [2.45, 2.75) is 45.1 Å². The highest BCUT2D eigenvalue weighted by Gasteiger charge is 2.31. The molecule has 1 aliphatic heterocycles. The Balaban J connectivity index is 2.39. The number of carbonyl (C=O) groups excluding carboxylic acids is 1. The van der Waals surface area contributed by atoms with Gasteiger partial charge in [-0.15, -0.1) is 0 Å². The fourth-order valence-electron chi connectivity index (χ4n) is 2.22. The first-order valence-electron chi connectivity index (χ1n) is 5.89. The van der Waals surface area contributed by atoms with E-state index >= 15 is 0 Å². The summed E-state index contributed by atoms with van der Waals surface area (Å²) < 4.78 is 5.50. The van der Waals surface area contributed by atoms with Crippen LogP contribution in [0.25, 0.3) is 0 Å². The van der Waals surface area contributed by atoms with Gasteiger partial charge in [0, 0.05) is 20.1 Å². The molecular formula is C12H23NO2. The predicted octanol–water partition coefficient (Wildman–Crippen LogP) is 1.86. The number of hydrogen-bond acceptors (Lipinski definition) is 3. The van der Waals surface area contributed by atoms with Gasteiger partial charge in [-0.1, -0.05) is 6.92 Å². The number of methoxy groups -OCH3 is 1. The van der Waals surface area contributed by atoms with Crippen LogP contribution >= 0.6 is 0 Å². The molecule has 0 aliphatic carbocycles. The summed E-state index contributed by atoms with van der Waals surface area (Å²) in [6.07, 6.45) is 3.89. The quantitative estimate of drug-likeness (QED) is 0.698. The second-order valence-corrected chi connectivity index (χ2v) is 4.76. The highest BCUT2D eigenvalue weighted by Crippen LogP contribution is 2.23. The molecule has 0 aromatic heterocycles. The molecule has 0 saturated carbocycles. The van der Waals surface area contributed by atoms with Gasteiger partial charge in [0.1, 0.15) is 5.78 Å². The summed E-state index contributed by atoms with van der Waals surface area (Å²) in [7, 11) is 1.76. The van der Waals surface area contributed by atoms with Gasteiger partial charge < -0.3 is 4.74 Å². The number of Topliss-reactive ketones (excluding diaryl/α,β-unsaturated/α-hetero) is 1. The van der Waals surface area contributed by atoms with Crippen LogP contribution in [-0.4, -0.2) is 43.0 Å². The Morgan fingerprint density at radius 1 is 1.53 bits per heavy atom. The molecule has 1 atom stereocenters. The van der Waals surface area contributed by atoms with Crippen LogP contribution in [0.5, 0.6) is 0 Å². The molecule has 1 fully saturated rings. The van der Waals surface area contributed by atoms with Crippen molar-refractivity contribution in [3.8, 4) is 0 Å². The lowest BCUT2D eigenvalue weighted by molar-refractivity contribution is -0.122. The molecule has 0 bridgehead atoms. The fourth-order valence-corrected chi connectivity index (χ4v) is 2.22. The first kappa shape index (κ1) is 12.7. The SMILES string of the molecule is CCCC(=O)CN1CCCC(C)(OC)C1. The molecule has 0 spiro atoms. The molecule has 1 unspecified atom stereocenters. The Bertz CT molecular complexity index is 218. The molecule has 3 nitrogen and oxygen atoms in total. The molecule has 1 aliphatic rings. The average Bonchev–Trinajstić information content (AvgIpc) is 2.18. The smallest absolute Gasteiger partial charge is 0.146 e. The molecule has 0 radical (unpaired) electrons. The molecule has 1 rings (SSSR count). The van der Waals surface area contributed by atoms with Gasteiger partial charge >= 0.3 is 0 Å². The highest BCUT2D eigenvalue weighted by atomic mass is 16.5. The van der Waals surface area contributed by atoms with Gasteiger partial charge in [-0.3, -0.25) is 9.69 Å². The minimum absolute atomic E-state index is 0.0508. The molecule has 88 valence electrons. The highest BCUT2D eigenvalue weighted by molar-refractivity contribution is 5.80. The van der Waals surface area contributed by atoms with Gasteiger partial charge in [0.05, 0.1) is 12.1 Å². The molecule has 3 heteroatoms. The molecular weight excluding hydrogens is 190 g/mol. The van der Waals surface area contributed by atoms with Crippen molar-refractivity contribution in [2.75, 3.05) is 26.7 Å². The second kappa shape index (κ2) is 5.61. The molecule has 0 aromatic rings. The van der Waals surface area contributed by atoms with E-state index in [4.69, 9.17) is 4.74 Å². The summed E-state index contributed by atoms with van der Waals surface area (Å²) in [4.78, 5) is 13.8.